The second kappa shape index (κ2) is 8.43. The molecule has 3 rings (SSSR count). The molecule has 1 amide bonds. The zero-order valence-corrected chi connectivity index (χ0v) is 15.9. The van der Waals surface area contributed by atoms with Crippen LogP contribution in [0.5, 0.6) is 5.75 Å². The van der Waals surface area contributed by atoms with E-state index in [0.29, 0.717) is 6.54 Å². The first-order valence-electron chi connectivity index (χ1n) is 8.73. The van der Waals surface area contributed by atoms with E-state index in [-0.39, 0.29) is 5.91 Å². The fourth-order valence-corrected chi connectivity index (χ4v) is 3.33. The molecule has 5 nitrogen and oxygen atoms in total. The van der Waals surface area contributed by atoms with Gasteiger partial charge in [0, 0.05) is 42.6 Å². The lowest BCUT2D eigenvalue weighted by molar-refractivity contribution is -0.117. The van der Waals surface area contributed by atoms with E-state index in [1.165, 1.54) is 5.69 Å². The Hall–Kier alpha value is -2.24. The minimum atomic E-state index is 0.00236. The SMILES string of the molecule is COc1ccc(NC(=O)CN2CCN(c3cccc(Cl)c3C)CC2)cc1. The number of ether oxygens (including phenoxy) is 1. The van der Waals surface area contributed by atoms with E-state index < -0.39 is 0 Å². The van der Waals surface area contributed by atoms with Gasteiger partial charge in [0.05, 0.1) is 13.7 Å². The topological polar surface area (TPSA) is 44.8 Å². The summed E-state index contributed by atoms with van der Waals surface area (Å²) in [5, 5.41) is 3.73. The summed E-state index contributed by atoms with van der Waals surface area (Å²) in [6, 6.07) is 13.4. The number of carbonyl (C=O) groups is 1. The molecule has 0 aromatic heterocycles. The minimum Gasteiger partial charge on any atom is -0.497 e. The third-order valence-corrected chi connectivity index (χ3v) is 5.10. The molecule has 1 saturated heterocycles. The lowest BCUT2D eigenvalue weighted by Gasteiger charge is -2.36. The van der Waals surface area contributed by atoms with Crippen LogP contribution < -0.4 is 15.0 Å². The number of benzene rings is 2. The molecule has 0 unspecified atom stereocenters. The highest BCUT2D eigenvalue weighted by Crippen LogP contribution is 2.27. The maximum Gasteiger partial charge on any atom is 0.238 e. The van der Waals surface area contributed by atoms with Gasteiger partial charge in [0.25, 0.3) is 0 Å². The highest BCUT2D eigenvalue weighted by molar-refractivity contribution is 6.31. The predicted octanol–water partition coefficient (Wildman–Crippen LogP) is 3.42. The van der Waals surface area contributed by atoms with Crippen LogP contribution >= 0.6 is 11.6 Å². The van der Waals surface area contributed by atoms with Crippen molar-refractivity contribution in [2.45, 2.75) is 6.92 Å². The molecular weight excluding hydrogens is 350 g/mol. The molecule has 0 aliphatic carbocycles. The normalized spacial score (nSPS) is 15.0. The Bertz CT molecular complexity index is 756. The molecule has 1 aliphatic heterocycles. The lowest BCUT2D eigenvalue weighted by Crippen LogP contribution is -2.48. The maximum atomic E-state index is 12.3. The van der Waals surface area contributed by atoms with Gasteiger partial charge in [0.1, 0.15) is 5.75 Å². The van der Waals surface area contributed by atoms with Crippen LogP contribution in [0.1, 0.15) is 5.56 Å². The smallest absolute Gasteiger partial charge is 0.238 e. The Labute approximate surface area is 159 Å². The van der Waals surface area contributed by atoms with Crippen molar-refractivity contribution in [1.82, 2.24) is 4.90 Å². The summed E-state index contributed by atoms with van der Waals surface area (Å²) >= 11 is 6.23. The molecule has 2 aromatic rings. The number of carbonyl (C=O) groups excluding carboxylic acids is 1. The van der Waals surface area contributed by atoms with Crippen molar-refractivity contribution in [3.8, 4) is 5.75 Å². The second-order valence-corrected chi connectivity index (χ2v) is 6.83. The Morgan fingerprint density at radius 3 is 2.46 bits per heavy atom. The molecule has 0 saturated carbocycles. The zero-order chi connectivity index (χ0) is 18.5. The minimum absolute atomic E-state index is 0.00236. The van der Waals surface area contributed by atoms with Gasteiger partial charge in [-0.2, -0.15) is 0 Å². The summed E-state index contributed by atoms with van der Waals surface area (Å²) in [6.45, 7) is 5.92. The van der Waals surface area contributed by atoms with E-state index in [2.05, 4.69) is 21.2 Å². The van der Waals surface area contributed by atoms with Crippen molar-refractivity contribution in [1.29, 1.82) is 0 Å². The summed E-state index contributed by atoms with van der Waals surface area (Å²) in [4.78, 5) is 16.8. The standard InChI is InChI=1S/C20H24ClN3O2/c1-15-18(21)4-3-5-19(15)24-12-10-23(11-13-24)14-20(25)22-16-6-8-17(26-2)9-7-16/h3-9H,10-14H2,1-2H3,(H,22,25). The number of halogens is 1. The molecule has 1 fully saturated rings. The molecule has 0 spiro atoms. The molecule has 26 heavy (non-hydrogen) atoms. The number of methoxy groups -OCH3 is 1. The Kier molecular flexibility index (Phi) is 6.01. The van der Waals surface area contributed by atoms with Crippen molar-refractivity contribution in [3.63, 3.8) is 0 Å². The first-order chi connectivity index (χ1) is 12.6. The number of nitrogens with zero attached hydrogens (tertiary/aromatic N) is 2. The van der Waals surface area contributed by atoms with Crippen LogP contribution in [0.2, 0.25) is 5.02 Å². The third kappa shape index (κ3) is 4.48. The summed E-state index contributed by atoms with van der Waals surface area (Å²) in [6.07, 6.45) is 0. The summed E-state index contributed by atoms with van der Waals surface area (Å²) < 4.78 is 5.12. The molecule has 1 aliphatic rings. The summed E-state index contributed by atoms with van der Waals surface area (Å²) in [5.74, 6) is 0.776. The van der Waals surface area contributed by atoms with E-state index in [1.807, 2.05) is 43.3 Å². The predicted molar refractivity (Wildman–Crippen MR) is 106 cm³/mol. The van der Waals surface area contributed by atoms with E-state index in [4.69, 9.17) is 16.3 Å². The quantitative estimate of drug-likeness (QED) is 0.872. The molecule has 0 bridgehead atoms. The average Bonchev–Trinajstić information content (AvgIpc) is 2.65. The van der Waals surface area contributed by atoms with Crippen molar-refractivity contribution >= 4 is 28.9 Å². The molecular formula is C20H24ClN3O2. The Morgan fingerprint density at radius 2 is 1.81 bits per heavy atom. The number of hydrogen-bond acceptors (Lipinski definition) is 4. The molecule has 0 radical (unpaired) electrons. The Balaban J connectivity index is 1.50. The molecule has 0 atom stereocenters. The molecule has 6 heteroatoms. The summed E-state index contributed by atoms with van der Waals surface area (Å²) in [5.41, 5.74) is 3.07. The van der Waals surface area contributed by atoms with E-state index in [0.717, 1.165) is 48.2 Å². The number of hydrogen-bond donors (Lipinski definition) is 1. The first kappa shape index (κ1) is 18.5. The van der Waals surface area contributed by atoms with Crippen LogP contribution in [-0.4, -0.2) is 50.6 Å². The number of anilines is 2. The summed E-state index contributed by atoms with van der Waals surface area (Å²) in [7, 11) is 1.62. The van der Waals surface area contributed by atoms with Gasteiger partial charge in [-0.3, -0.25) is 9.69 Å². The lowest BCUT2D eigenvalue weighted by atomic mass is 10.1. The van der Waals surface area contributed by atoms with Gasteiger partial charge in [-0.1, -0.05) is 17.7 Å². The Morgan fingerprint density at radius 1 is 1.12 bits per heavy atom. The number of nitrogens with one attached hydrogen (secondary N) is 1. The van der Waals surface area contributed by atoms with Gasteiger partial charge < -0.3 is 15.0 Å². The van der Waals surface area contributed by atoms with Gasteiger partial charge in [0.15, 0.2) is 0 Å². The zero-order valence-electron chi connectivity index (χ0n) is 15.2. The largest absolute Gasteiger partial charge is 0.497 e. The molecule has 1 N–H and O–H groups in total. The fourth-order valence-electron chi connectivity index (χ4n) is 3.16. The van der Waals surface area contributed by atoms with E-state index >= 15 is 0 Å². The average molecular weight is 374 g/mol. The van der Waals surface area contributed by atoms with Gasteiger partial charge >= 0.3 is 0 Å². The van der Waals surface area contributed by atoms with E-state index in [9.17, 15) is 4.79 Å². The monoisotopic (exact) mass is 373 g/mol. The van der Waals surface area contributed by atoms with Crippen molar-refractivity contribution in [2.24, 2.45) is 0 Å². The number of amides is 1. The van der Waals surface area contributed by atoms with Crippen LogP contribution in [0.15, 0.2) is 42.5 Å². The number of piperazine rings is 1. The molecule has 1 heterocycles. The van der Waals surface area contributed by atoms with Crippen molar-refractivity contribution in [3.05, 3.63) is 53.1 Å². The van der Waals surface area contributed by atoms with Gasteiger partial charge in [-0.15, -0.1) is 0 Å². The number of rotatable bonds is 5. The van der Waals surface area contributed by atoms with Crippen molar-refractivity contribution in [2.75, 3.05) is 50.1 Å². The molecule has 138 valence electrons. The van der Waals surface area contributed by atoms with Crippen LogP contribution in [0.4, 0.5) is 11.4 Å². The van der Waals surface area contributed by atoms with Crippen LogP contribution in [-0.2, 0) is 4.79 Å². The third-order valence-electron chi connectivity index (χ3n) is 4.69. The maximum absolute atomic E-state index is 12.3. The molecule has 2 aromatic carbocycles. The van der Waals surface area contributed by atoms with Gasteiger partial charge in [-0.25, -0.2) is 0 Å². The second-order valence-electron chi connectivity index (χ2n) is 6.42. The van der Waals surface area contributed by atoms with Gasteiger partial charge in [0.2, 0.25) is 5.91 Å². The van der Waals surface area contributed by atoms with Crippen molar-refractivity contribution < 1.29 is 9.53 Å². The van der Waals surface area contributed by atoms with E-state index in [1.54, 1.807) is 7.11 Å². The van der Waals surface area contributed by atoms with Crippen LogP contribution in [0, 0.1) is 6.92 Å². The highest BCUT2D eigenvalue weighted by atomic mass is 35.5. The fraction of sp³-hybridized carbons (Fsp3) is 0.350. The van der Waals surface area contributed by atoms with Crippen LogP contribution in [0.25, 0.3) is 0 Å². The van der Waals surface area contributed by atoms with Crippen LogP contribution in [0.3, 0.4) is 0 Å². The van der Waals surface area contributed by atoms with Gasteiger partial charge in [-0.05, 0) is 48.9 Å². The first-order valence-corrected chi connectivity index (χ1v) is 9.11. The highest BCUT2D eigenvalue weighted by Gasteiger charge is 2.20.